The number of nitrogens with one attached hydrogen (secondary N) is 1. The molecule has 21 heavy (non-hydrogen) atoms. The van der Waals surface area contributed by atoms with E-state index in [0.29, 0.717) is 6.54 Å². The Balaban J connectivity index is 2.06. The Bertz CT molecular complexity index is 507. The van der Waals surface area contributed by atoms with Crippen molar-refractivity contribution in [2.24, 2.45) is 17.6 Å². The molecule has 5 heteroatoms. The highest BCUT2D eigenvalue weighted by Gasteiger charge is 2.30. The zero-order valence-electron chi connectivity index (χ0n) is 12.2. The van der Waals surface area contributed by atoms with Gasteiger partial charge in [-0.1, -0.05) is 12.8 Å². The summed E-state index contributed by atoms with van der Waals surface area (Å²) in [6.07, 6.45) is 3.88. The summed E-state index contributed by atoms with van der Waals surface area (Å²) in [5.74, 6) is -1.07. The lowest BCUT2D eigenvalue weighted by Gasteiger charge is -2.30. The second-order valence-corrected chi connectivity index (χ2v) is 5.78. The number of amides is 1. The second kappa shape index (κ2) is 6.98. The number of benzene rings is 1. The molecule has 3 nitrogen and oxygen atoms in total. The summed E-state index contributed by atoms with van der Waals surface area (Å²) in [5, 5.41) is 2.80. The van der Waals surface area contributed by atoms with Gasteiger partial charge >= 0.3 is 0 Å². The number of hydrogen-bond acceptors (Lipinski definition) is 2. The number of halogens is 2. The Morgan fingerprint density at radius 1 is 1.38 bits per heavy atom. The van der Waals surface area contributed by atoms with Gasteiger partial charge in [0.15, 0.2) is 0 Å². The summed E-state index contributed by atoms with van der Waals surface area (Å²) >= 11 is 0. The number of nitrogens with two attached hydrogens (primary N) is 1. The molecule has 1 saturated carbocycles. The van der Waals surface area contributed by atoms with Crippen LogP contribution in [-0.4, -0.2) is 12.5 Å². The fourth-order valence-electron chi connectivity index (χ4n) is 3.08. The SMILES string of the molecule is CC(NC(=O)C1CCCCC1CN)c1cc(F)ccc1F. The van der Waals surface area contributed by atoms with Crippen LogP contribution < -0.4 is 11.1 Å². The summed E-state index contributed by atoms with van der Waals surface area (Å²) in [7, 11) is 0. The first kappa shape index (κ1) is 15.9. The van der Waals surface area contributed by atoms with E-state index >= 15 is 0 Å². The van der Waals surface area contributed by atoms with Crippen molar-refractivity contribution in [3.63, 3.8) is 0 Å². The van der Waals surface area contributed by atoms with E-state index in [1.54, 1.807) is 6.92 Å². The molecule has 1 fully saturated rings. The van der Waals surface area contributed by atoms with Crippen molar-refractivity contribution < 1.29 is 13.6 Å². The Kier molecular flexibility index (Phi) is 5.28. The molecule has 0 bridgehead atoms. The van der Waals surface area contributed by atoms with Gasteiger partial charge in [-0.15, -0.1) is 0 Å². The van der Waals surface area contributed by atoms with Crippen LogP contribution in [0.5, 0.6) is 0 Å². The smallest absolute Gasteiger partial charge is 0.223 e. The van der Waals surface area contributed by atoms with Crippen molar-refractivity contribution in [3.8, 4) is 0 Å². The average molecular weight is 296 g/mol. The van der Waals surface area contributed by atoms with Crippen molar-refractivity contribution >= 4 is 5.91 Å². The fraction of sp³-hybridized carbons (Fsp3) is 0.562. The van der Waals surface area contributed by atoms with E-state index in [0.717, 1.165) is 43.9 Å². The molecule has 1 aliphatic carbocycles. The van der Waals surface area contributed by atoms with E-state index in [4.69, 9.17) is 5.73 Å². The summed E-state index contributed by atoms with van der Waals surface area (Å²) in [6.45, 7) is 2.15. The maximum Gasteiger partial charge on any atom is 0.223 e. The lowest BCUT2D eigenvalue weighted by molar-refractivity contribution is -0.128. The minimum absolute atomic E-state index is 0.110. The molecule has 1 aromatic rings. The summed E-state index contributed by atoms with van der Waals surface area (Å²) in [4.78, 5) is 12.4. The van der Waals surface area contributed by atoms with Crippen LogP contribution >= 0.6 is 0 Å². The molecule has 3 atom stereocenters. The van der Waals surface area contributed by atoms with Crippen molar-refractivity contribution in [2.45, 2.75) is 38.6 Å². The van der Waals surface area contributed by atoms with Crippen LogP contribution in [0.4, 0.5) is 8.78 Å². The van der Waals surface area contributed by atoms with E-state index in [9.17, 15) is 13.6 Å². The molecule has 0 aromatic heterocycles. The zero-order chi connectivity index (χ0) is 15.4. The molecule has 0 radical (unpaired) electrons. The van der Waals surface area contributed by atoms with Crippen molar-refractivity contribution in [1.82, 2.24) is 5.32 Å². The molecule has 0 saturated heterocycles. The Morgan fingerprint density at radius 3 is 2.81 bits per heavy atom. The molecule has 0 aliphatic heterocycles. The molecule has 1 aromatic carbocycles. The standard InChI is InChI=1S/C16H22F2N2O/c1-10(14-8-12(17)6-7-15(14)18)20-16(21)13-5-3-2-4-11(13)9-19/h6-8,10-11,13H,2-5,9,19H2,1H3,(H,20,21). The third kappa shape index (κ3) is 3.79. The highest BCUT2D eigenvalue weighted by atomic mass is 19.1. The number of hydrogen-bond donors (Lipinski definition) is 2. The first-order valence-corrected chi connectivity index (χ1v) is 7.48. The maximum absolute atomic E-state index is 13.7. The van der Waals surface area contributed by atoms with Gasteiger partial charge in [0.2, 0.25) is 5.91 Å². The Morgan fingerprint density at radius 2 is 2.10 bits per heavy atom. The average Bonchev–Trinajstić information content (AvgIpc) is 2.49. The number of rotatable bonds is 4. The van der Waals surface area contributed by atoms with Crippen LogP contribution in [0.3, 0.4) is 0 Å². The first-order valence-electron chi connectivity index (χ1n) is 7.48. The predicted octanol–water partition coefficient (Wildman–Crippen LogP) is 2.91. The maximum atomic E-state index is 13.7. The third-order valence-corrected chi connectivity index (χ3v) is 4.33. The second-order valence-electron chi connectivity index (χ2n) is 5.78. The molecule has 2 rings (SSSR count). The van der Waals surface area contributed by atoms with E-state index in [-0.39, 0.29) is 23.3 Å². The molecule has 1 amide bonds. The normalized spacial score (nSPS) is 23.6. The van der Waals surface area contributed by atoms with Gasteiger partial charge in [-0.25, -0.2) is 8.78 Å². The molecule has 3 N–H and O–H groups in total. The van der Waals surface area contributed by atoms with Gasteiger partial charge in [-0.05, 0) is 50.4 Å². The third-order valence-electron chi connectivity index (χ3n) is 4.33. The van der Waals surface area contributed by atoms with Crippen LogP contribution in [0.2, 0.25) is 0 Å². The lowest BCUT2D eigenvalue weighted by atomic mass is 9.78. The van der Waals surface area contributed by atoms with Crippen LogP contribution in [0.1, 0.15) is 44.2 Å². The molecule has 3 unspecified atom stereocenters. The van der Waals surface area contributed by atoms with Gasteiger partial charge in [-0.3, -0.25) is 4.79 Å². The largest absolute Gasteiger partial charge is 0.349 e. The van der Waals surface area contributed by atoms with Crippen molar-refractivity contribution in [3.05, 3.63) is 35.4 Å². The van der Waals surface area contributed by atoms with Gasteiger partial charge in [0, 0.05) is 11.5 Å². The van der Waals surface area contributed by atoms with Crippen LogP contribution in [-0.2, 0) is 4.79 Å². The molecule has 0 spiro atoms. The number of carbonyl (C=O) groups excluding carboxylic acids is 1. The van der Waals surface area contributed by atoms with Crippen molar-refractivity contribution in [2.75, 3.05) is 6.54 Å². The van der Waals surface area contributed by atoms with Crippen LogP contribution in [0, 0.1) is 23.5 Å². The highest BCUT2D eigenvalue weighted by Crippen LogP contribution is 2.30. The Labute approximate surface area is 123 Å². The van der Waals surface area contributed by atoms with Gasteiger partial charge in [0.05, 0.1) is 6.04 Å². The molecule has 0 heterocycles. The van der Waals surface area contributed by atoms with Gasteiger partial charge in [0.25, 0.3) is 0 Å². The van der Waals surface area contributed by atoms with Crippen LogP contribution in [0.15, 0.2) is 18.2 Å². The zero-order valence-corrected chi connectivity index (χ0v) is 12.2. The summed E-state index contributed by atoms with van der Waals surface area (Å²) < 4.78 is 26.9. The van der Waals surface area contributed by atoms with E-state index in [1.165, 1.54) is 0 Å². The molecular formula is C16H22F2N2O. The monoisotopic (exact) mass is 296 g/mol. The Hall–Kier alpha value is -1.49. The predicted molar refractivity (Wildman–Crippen MR) is 77.4 cm³/mol. The first-order chi connectivity index (χ1) is 10.0. The van der Waals surface area contributed by atoms with Gasteiger partial charge < -0.3 is 11.1 Å². The topological polar surface area (TPSA) is 55.1 Å². The van der Waals surface area contributed by atoms with Gasteiger partial charge in [0.1, 0.15) is 11.6 Å². The minimum Gasteiger partial charge on any atom is -0.349 e. The van der Waals surface area contributed by atoms with Crippen molar-refractivity contribution in [1.29, 1.82) is 0 Å². The lowest BCUT2D eigenvalue weighted by Crippen LogP contribution is -2.40. The minimum atomic E-state index is -0.562. The molecule has 116 valence electrons. The molecular weight excluding hydrogens is 274 g/mol. The number of carbonyl (C=O) groups is 1. The molecule has 1 aliphatic rings. The summed E-state index contributed by atoms with van der Waals surface area (Å²) in [6, 6.07) is 2.71. The summed E-state index contributed by atoms with van der Waals surface area (Å²) in [5.41, 5.74) is 5.90. The highest BCUT2D eigenvalue weighted by molar-refractivity contribution is 5.79. The van der Waals surface area contributed by atoms with Gasteiger partial charge in [-0.2, -0.15) is 0 Å². The quantitative estimate of drug-likeness (QED) is 0.897. The van der Waals surface area contributed by atoms with E-state index in [2.05, 4.69) is 5.32 Å². The van der Waals surface area contributed by atoms with E-state index in [1.807, 2.05) is 0 Å². The van der Waals surface area contributed by atoms with E-state index < -0.39 is 17.7 Å². The van der Waals surface area contributed by atoms with Crippen LogP contribution in [0.25, 0.3) is 0 Å². The fourth-order valence-corrected chi connectivity index (χ4v) is 3.08.